The number of benzene rings is 1. The van der Waals surface area contributed by atoms with Crippen molar-refractivity contribution in [3.63, 3.8) is 0 Å². The molecule has 2 heterocycles. The molecule has 0 radical (unpaired) electrons. The van der Waals surface area contributed by atoms with Gasteiger partial charge in [-0.1, -0.05) is 31.8 Å². The lowest BCUT2D eigenvalue weighted by Gasteiger charge is -2.37. The number of rotatable bonds is 6. The van der Waals surface area contributed by atoms with Crippen LogP contribution in [0.2, 0.25) is 0 Å². The molecule has 9 heteroatoms. The van der Waals surface area contributed by atoms with Crippen LogP contribution in [0, 0.1) is 23.6 Å². The molecule has 1 aromatic heterocycles. The van der Waals surface area contributed by atoms with Gasteiger partial charge in [-0.15, -0.1) is 0 Å². The molecule has 3 atom stereocenters. The number of unbranched alkanes of at least 4 members (excludes halogenated alkanes) is 1. The van der Waals surface area contributed by atoms with E-state index in [4.69, 9.17) is 4.74 Å². The Morgan fingerprint density at radius 1 is 1.42 bits per heavy atom. The van der Waals surface area contributed by atoms with Crippen LogP contribution in [0.4, 0.5) is 14.9 Å². The Balaban J connectivity index is 1.87. The molecule has 0 saturated heterocycles. The third-order valence-electron chi connectivity index (χ3n) is 6.01. The first-order valence-electron chi connectivity index (χ1n) is 12.1. The van der Waals surface area contributed by atoms with Gasteiger partial charge in [0.25, 0.3) is 5.91 Å². The summed E-state index contributed by atoms with van der Waals surface area (Å²) < 4.78 is 19.7. The summed E-state index contributed by atoms with van der Waals surface area (Å²) in [6.45, 7) is 6.04. The van der Waals surface area contributed by atoms with E-state index < -0.39 is 24.0 Å². The maximum atomic E-state index is 13.5. The minimum atomic E-state index is -0.502. The van der Waals surface area contributed by atoms with E-state index in [-0.39, 0.29) is 36.4 Å². The largest absolute Gasteiger partial charge is 0.472 e. The summed E-state index contributed by atoms with van der Waals surface area (Å²) >= 11 is 0. The van der Waals surface area contributed by atoms with Crippen molar-refractivity contribution in [1.82, 2.24) is 14.8 Å². The number of carbonyl (C=O) groups excluding carboxylic acids is 2. The van der Waals surface area contributed by atoms with Gasteiger partial charge in [0.15, 0.2) is 0 Å². The number of urea groups is 1. The maximum Gasteiger partial charge on any atom is 0.321 e. The summed E-state index contributed by atoms with van der Waals surface area (Å²) in [6, 6.07) is 6.47. The van der Waals surface area contributed by atoms with Crippen molar-refractivity contribution in [2.75, 3.05) is 32.1 Å². The Bertz CT molecular complexity index is 1150. The number of fused-ring (bicyclic) bond motifs is 1. The monoisotopic (exact) mass is 496 g/mol. The van der Waals surface area contributed by atoms with Crippen LogP contribution in [0.3, 0.4) is 0 Å². The molecule has 0 bridgehead atoms. The van der Waals surface area contributed by atoms with Crippen LogP contribution in [-0.2, 0) is 0 Å². The van der Waals surface area contributed by atoms with E-state index in [0.29, 0.717) is 17.8 Å². The predicted molar refractivity (Wildman–Crippen MR) is 135 cm³/mol. The SMILES string of the molecule is CCCC#Cc1cnc2c(c1)C(=O)N([C@@H](C)CO)C[C@@H](C)[C@H](CN(C)C(=O)Nc1cccc(F)c1)O2. The number of carbonyl (C=O) groups is 2. The maximum absolute atomic E-state index is 13.5. The second-order valence-corrected chi connectivity index (χ2v) is 9.07. The number of aromatic nitrogens is 1. The van der Waals surface area contributed by atoms with E-state index in [1.807, 2.05) is 13.8 Å². The minimum absolute atomic E-state index is 0.159. The van der Waals surface area contributed by atoms with Gasteiger partial charge in [-0.3, -0.25) is 4.79 Å². The van der Waals surface area contributed by atoms with E-state index in [1.54, 1.807) is 37.2 Å². The second-order valence-electron chi connectivity index (χ2n) is 9.07. The number of halogens is 1. The summed E-state index contributed by atoms with van der Waals surface area (Å²) in [6.07, 6.45) is 2.73. The highest BCUT2D eigenvalue weighted by Gasteiger charge is 2.34. The number of likely N-dealkylation sites (N-methyl/N-ethyl adjacent to an activating group) is 1. The quantitative estimate of drug-likeness (QED) is 0.594. The number of nitrogens with zero attached hydrogens (tertiary/aromatic N) is 3. The third-order valence-corrected chi connectivity index (χ3v) is 6.01. The van der Waals surface area contributed by atoms with E-state index >= 15 is 0 Å². The first-order valence-corrected chi connectivity index (χ1v) is 12.1. The Labute approximate surface area is 211 Å². The zero-order chi connectivity index (χ0) is 26.2. The van der Waals surface area contributed by atoms with Gasteiger partial charge in [-0.2, -0.15) is 0 Å². The number of aliphatic hydroxyl groups is 1. The number of anilines is 1. The van der Waals surface area contributed by atoms with Gasteiger partial charge in [0, 0.05) is 43.4 Å². The zero-order valence-corrected chi connectivity index (χ0v) is 21.1. The molecule has 0 unspecified atom stereocenters. The number of amides is 3. The summed E-state index contributed by atoms with van der Waals surface area (Å²) in [5.41, 5.74) is 1.21. The van der Waals surface area contributed by atoms with Gasteiger partial charge in [0.1, 0.15) is 17.5 Å². The Kier molecular flexibility index (Phi) is 9.25. The summed E-state index contributed by atoms with van der Waals surface area (Å²) in [5.74, 6) is 5.31. The van der Waals surface area contributed by atoms with Gasteiger partial charge in [0.05, 0.1) is 19.2 Å². The average Bonchev–Trinajstić information content (AvgIpc) is 2.86. The molecule has 0 aliphatic carbocycles. The average molecular weight is 497 g/mol. The van der Waals surface area contributed by atoms with Gasteiger partial charge >= 0.3 is 6.03 Å². The molecule has 1 aliphatic heterocycles. The number of hydrogen-bond acceptors (Lipinski definition) is 5. The molecule has 0 fully saturated rings. The number of hydrogen-bond donors (Lipinski definition) is 2. The number of ether oxygens (including phenoxy) is 1. The molecule has 1 aliphatic rings. The molecule has 3 amide bonds. The van der Waals surface area contributed by atoms with E-state index in [0.717, 1.165) is 12.8 Å². The lowest BCUT2D eigenvalue weighted by atomic mass is 10.00. The first-order chi connectivity index (χ1) is 17.2. The molecule has 0 spiro atoms. The van der Waals surface area contributed by atoms with Crippen molar-refractivity contribution in [2.24, 2.45) is 5.92 Å². The Morgan fingerprint density at radius 3 is 2.89 bits per heavy atom. The lowest BCUT2D eigenvalue weighted by Crippen LogP contribution is -2.50. The summed E-state index contributed by atoms with van der Waals surface area (Å²) in [4.78, 5) is 33.6. The topological polar surface area (TPSA) is 95.0 Å². The van der Waals surface area contributed by atoms with Crippen molar-refractivity contribution in [2.45, 2.75) is 45.8 Å². The molecule has 1 aromatic carbocycles. The lowest BCUT2D eigenvalue weighted by molar-refractivity contribution is 0.0356. The van der Waals surface area contributed by atoms with Crippen molar-refractivity contribution in [1.29, 1.82) is 0 Å². The van der Waals surface area contributed by atoms with Crippen LogP contribution in [0.5, 0.6) is 5.88 Å². The molecular formula is C27H33FN4O4. The highest BCUT2D eigenvalue weighted by molar-refractivity contribution is 5.97. The second kappa shape index (κ2) is 12.4. The van der Waals surface area contributed by atoms with Crippen LogP contribution in [0.25, 0.3) is 0 Å². The standard InChI is InChI=1S/C27H33FN4O4/c1-5-6-7-9-20-12-23-25(29-14-20)36-24(18(2)15-32(26(23)34)19(3)17-33)16-31(4)27(35)30-22-11-8-10-21(28)13-22/h8,10-14,18-19,24,33H,5-6,15-17H2,1-4H3,(H,30,35)/t18-,19+,24+/m1/s1. The fraction of sp³-hybridized carbons (Fsp3) is 0.444. The fourth-order valence-electron chi connectivity index (χ4n) is 3.82. The van der Waals surface area contributed by atoms with Crippen molar-refractivity contribution in [3.05, 3.63) is 53.5 Å². The molecule has 3 rings (SSSR count). The van der Waals surface area contributed by atoms with Crippen LogP contribution in [0.15, 0.2) is 36.5 Å². The Hall–Kier alpha value is -3.64. The summed E-state index contributed by atoms with van der Waals surface area (Å²) in [5, 5.41) is 12.5. The number of nitrogens with one attached hydrogen (secondary N) is 1. The predicted octanol–water partition coefficient (Wildman–Crippen LogP) is 3.76. The smallest absolute Gasteiger partial charge is 0.321 e. The molecule has 0 saturated carbocycles. The van der Waals surface area contributed by atoms with Crippen LogP contribution in [-0.4, -0.2) is 70.7 Å². The first kappa shape index (κ1) is 27.0. The molecule has 2 N–H and O–H groups in total. The molecular weight excluding hydrogens is 463 g/mol. The van der Waals surface area contributed by atoms with E-state index in [9.17, 15) is 19.1 Å². The van der Waals surface area contributed by atoms with Gasteiger partial charge in [-0.25, -0.2) is 14.2 Å². The molecule has 36 heavy (non-hydrogen) atoms. The minimum Gasteiger partial charge on any atom is -0.472 e. The molecule has 8 nitrogen and oxygen atoms in total. The fourth-order valence-corrected chi connectivity index (χ4v) is 3.82. The number of pyridine rings is 1. The van der Waals surface area contributed by atoms with Gasteiger partial charge in [0.2, 0.25) is 5.88 Å². The Morgan fingerprint density at radius 2 is 2.19 bits per heavy atom. The van der Waals surface area contributed by atoms with Gasteiger partial charge in [-0.05, 0) is 37.6 Å². The van der Waals surface area contributed by atoms with Crippen molar-refractivity contribution in [3.8, 4) is 17.7 Å². The third kappa shape index (κ3) is 6.73. The zero-order valence-electron chi connectivity index (χ0n) is 21.1. The normalized spacial score (nSPS) is 18.1. The summed E-state index contributed by atoms with van der Waals surface area (Å²) in [7, 11) is 1.61. The van der Waals surface area contributed by atoms with E-state index in [1.165, 1.54) is 23.1 Å². The van der Waals surface area contributed by atoms with Crippen LogP contribution < -0.4 is 10.1 Å². The van der Waals surface area contributed by atoms with Crippen molar-refractivity contribution >= 4 is 17.6 Å². The molecule has 192 valence electrons. The van der Waals surface area contributed by atoms with Crippen molar-refractivity contribution < 1.29 is 23.8 Å². The number of aliphatic hydroxyl groups excluding tert-OH is 1. The van der Waals surface area contributed by atoms with Gasteiger partial charge < -0.3 is 25.0 Å². The van der Waals surface area contributed by atoms with Crippen LogP contribution >= 0.6 is 0 Å². The van der Waals surface area contributed by atoms with Crippen LogP contribution in [0.1, 0.15) is 49.5 Å². The highest BCUT2D eigenvalue weighted by Crippen LogP contribution is 2.27. The molecule has 2 aromatic rings. The highest BCUT2D eigenvalue weighted by atomic mass is 19.1. The van der Waals surface area contributed by atoms with E-state index in [2.05, 4.69) is 22.1 Å².